The number of hydrogen-bond acceptors (Lipinski definition) is 8. The predicted molar refractivity (Wildman–Crippen MR) is 147 cm³/mol. The van der Waals surface area contributed by atoms with Crippen LogP contribution in [0.25, 0.3) is 22.4 Å². The SMILES string of the molecule is COCC(NCCOc1ccc2c(c1)nc(-c1cc(C)c(=O)n(C)c1)n2[C@@H](C)COC)C(=O)OCC(C)C. The van der Waals surface area contributed by atoms with Crippen LogP contribution < -0.4 is 15.6 Å². The smallest absolute Gasteiger partial charge is 0.325 e. The zero-order valence-corrected chi connectivity index (χ0v) is 23.4. The van der Waals surface area contributed by atoms with E-state index in [0.29, 0.717) is 37.7 Å². The summed E-state index contributed by atoms with van der Waals surface area (Å²) in [5.74, 6) is 1.35. The Hall–Kier alpha value is -3.21. The number of imidazole rings is 1. The molecule has 3 aromatic rings. The van der Waals surface area contributed by atoms with Gasteiger partial charge in [0.2, 0.25) is 0 Å². The van der Waals surface area contributed by atoms with Crippen molar-refractivity contribution in [3.8, 4) is 17.1 Å². The first kappa shape index (κ1) is 29.3. The third kappa shape index (κ3) is 7.21. The monoisotopic (exact) mass is 528 g/mol. The second-order valence-electron chi connectivity index (χ2n) is 9.92. The Bertz CT molecular complexity index is 1260. The molecule has 10 nitrogen and oxygen atoms in total. The third-order valence-electron chi connectivity index (χ3n) is 6.07. The first-order valence-corrected chi connectivity index (χ1v) is 12.9. The second kappa shape index (κ2) is 13.5. The maximum Gasteiger partial charge on any atom is 0.325 e. The standard InChI is InChI=1S/C28H40N4O6/c1-18(2)15-38-28(34)24(17-36-7)29-10-11-37-22-8-9-25-23(13-22)30-26(32(25)20(4)16-35-6)21-12-19(3)27(33)31(5)14-21/h8-9,12-14,18,20,24,29H,10-11,15-17H2,1-7H3/t20-,24?/m0/s1. The number of benzene rings is 1. The van der Waals surface area contributed by atoms with E-state index in [4.69, 9.17) is 23.9 Å². The molecule has 0 amide bonds. The lowest BCUT2D eigenvalue weighted by Gasteiger charge is -2.18. The van der Waals surface area contributed by atoms with Crippen LogP contribution in [0.1, 0.15) is 32.4 Å². The van der Waals surface area contributed by atoms with E-state index in [0.717, 1.165) is 22.4 Å². The molecule has 0 aliphatic carbocycles. The van der Waals surface area contributed by atoms with Gasteiger partial charge in [0.15, 0.2) is 0 Å². The summed E-state index contributed by atoms with van der Waals surface area (Å²) in [7, 11) is 4.96. The molecule has 3 rings (SSSR count). The van der Waals surface area contributed by atoms with E-state index in [2.05, 4.69) is 16.8 Å². The van der Waals surface area contributed by atoms with Crippen molar-refractivity contribution in [3.05, 3.63) is 46.4 Å². The molecular formula is C28H40N4O6. The lowest BCUT2D eigenvalue weighted by Crippen LogP contribution is -2.43. The highest BCUT2D eigenvalue weighted by Crippen LogP contribution is 2.30. The van der Waals surface area contributed by atoms with Crippen LogP contribution in [0.15, 0.2) is 35.3 Å². The molecule has 2 aromatic heterocycles. The Balaban J connectivity index is 1.78. The van der Waals surface area contributed by atoms with Gasteiger partial charge in [0.05, 0.1) is 36.9 Å². The zero-order chi connectivity index (χ0) is 27.8. The summed E-state index contributed by atoms with van der Waals surface area (Å²) in [4.78, 5) is 29.5. The van der Waals surface area contributed by atoms with Gasteiger partial charge in [-0.3, -0.25) is 14.9 Å². The first-order chi connectivity index (χ1) is 18.2. The summed E-state index contributed by atoms with van der Waals surface area (Å²) in [6.07, 6.45) is 1.80. The van der Waals surface area contributed by atoms with E-state index in [1.54, 1.807) is 39.0 Å². The Morgan fingerprint density at radius 1 is 1.08 bits per heavy atom. The van der Waals surface area contributed by atoms with Crippen molar-refractivity contribution in [2.45, 2.75) is 39.8 Å². The van der Waals surface area contributed by atoms with Gasteiger partial charge in [0.1, 0.15) is 24.2 Å². The van der Waals surface area contributed by atoms with Crippen LogP contribution >= 0.6 is 0 Å². The van der Waals surface area contributed by atoms with E-state index in [1.807, 2.05) is 38.1 Å². The number of aryl methyl sites for hydroxylation is 2. The van der Waals surface area contributed by atoms with Crippen LogP contribution in [0.2, 0.25) is 0 Å². The number of carbonyl (C=O) groups excluding carboxylic acids is 1. The molecular weight excluding hydrogens is 488 g/mol. The number of pyridine rings is 1. The Morgan fingerprint density at radius 3 is 2.47 bits per heavy atom. The largest absolute Gasteiger partial charge is 0.492 e. The van der Waals surface area contributed by atoms with E-state index >= 15 is 0 Å². The van der Waals surface area contributed by atoms with Crippen LogP contribution in [-0.4, -0.2) is 73.3 Å². The molecule has 1 aromatic carbocycles. The quantitative estimate of drug-likeness (QED) is 0.251. The first-order valence-electron chi connectivity index (χ1n) is 12.9. The number of hydrogen-bond donors (Lipinski definition) is 1. The molecule has 0 aliphatic rings. The lowest BCUT2D eigenvalue weighted by molar-refractivity contribution is -0.148. The molecule has 38 heavy (non-hydrogen) atoms. The van der Waals surface area contributed by atoms with Gasteiger partial charge in [0, 0.05) is 51.2 Å². The number of fused-ring (bicyclic) bond motifs is 1. The second-order valence-corrected chi connectivity index (χ2v) is 9.92. The van der Waals surface area contributed by atoms with Crippen LogP contribution in [0.3, 0.4) is 0 Å². The molecule has 0 radical (unpaired) electrons. The lowest BCUT2D eigenvalue weighted by atomic mass is 10.2. The van der Waals surface area contributed by atoms with Gasteiger partial charge >= 0.3 is 5.97 Å². The molecule has 0 fully saturated rings. The minimum Gasteiger partial charge on any atom is -0.492 e. The molecule has 2 heterocycles. The van der Waals surface area contributed by atoms with Crippen molar-refractivity contribution < 1.29 is 23.7 Å². The average Bonchev–Trinajstić information content (AvgIpc) is 3.26. The Kier molecular flexibility index (Phi) is 10.5. The molecule has 0 saturated heterocycles. The molecule has 0 aliphatic heterocycles. The number of ether oxygens (including phenoxy) is 4. The number of methoxy groups -OCH3 is 2. The molecule has 0 saturated carbocycles. The molecule has 2 atom stereocenters. The van der Waals surface area contributed by atoms with Gasteiger partial charge in [-0.2, -0.15) is 0 Å². The van der Waals surface area contributed by atoms with Crippen molar-refractivity contribution in [2.24, 2.45) is 13.0 Å². The van der Waals surface area contributed by atoms with Crippen molar-refractivity contribution in [3.63, 3.8) is 0 Å². The minimum atomic E-state index is -0.560. The summed E-state index contributed by atoms with van der Waals surface area (Å²) < 4.78 is 25.6. The number of aromatic nitrogens is 3. The normalized spacial score (nSPS) is 13.2. The van der Waals surface area contributed by atoms with Crippen LogP contribution in [0.4, 0.5) is 0 Å². The third-order valence-corrected chi connectivity index (χ3v) is 6.07. The maximum atomic E-state index is 12.3. The molecule has 1 unspecified atom stereocenters. The van der Waals surface area contributed by atoms with E-state index in [-0.39, 0.29) is 30.1 Å². The van der Waals surface area contributed by atoms with Crippen LogP contribution in [-0.2, 0) is 26.1 Å². The van der Waals surface area contributed by atoms with Crippen molar-refractivity contribution >= 4 is 17.0 Å². The fourth-order valence-electron chi connectivity index (χ4n) is 4.26. The summed E-state index contributed by atoms with van der Waals surface area (Å²) >= 11 is 0. The number of carbonyl (C=O) groups is 1. The van der Waals surface area contributed by atoms with Crippen LogP contribution in [0, 0.1) is 12.8 Å². The van der Waals surface area contributed by atoms with E-state index in [9.17, 15) is 9.59 Å². The van der Waals surface area contributed by atoms with Crippen molar-refractivity contribution in [1.29, 1.82) is 0 Å². The molecule has 208 valence electrons. The van der Waals surface area contributed by atoms with Gasteiger partial charge < -0.3 is 28.1 Å². The highest BCUT2D eigenvalue weighted by atomic mass is 16.5. The van der Waals surface area contributed by atoms with Gasteiger partial charge in [0.25, 0.3) is 5.56 Å². The topological polar surface area (TPSA) is 106 Å². The van der Waals surface area contributed by atoms with E-state index in [1.165, 1.54) is 0 Å². The Labute approximate surface area is 223 Å². The average molecular weight is 529 g/mol. The molecule has 0 bridgehead atoms. The summed E-state index contributed by atoms with van der Waals surface area (Å²) in [5, 5.41) is 3.14. The number of esters is 1. The van der Waals surface area contributed by atoms with Gasteiger partial charge in [-0.1, -0.05) is 13.8 Å². The molecule has 0 spiro atoms. The number of nitrogens with zero attached hydrogens (tertiary/aromatic N) is 3. The highest BCUT2D eigenvalue weighted by Gasteiger charge is 2.21. The summed E-state index contributed by atoms with van der Waals surface area (Å²) in [5.41, 5.74) is 3.18. The predicted octanol–water partition coefficient (Wildman–Crippen LogP) is 3.10. The summed E-state index contributed by atoms with van der Waals surface area (Å²) in [6, 6.07) is 7.10. The fraction of sp³-hybridized carbons (Fsp3) is 0.536. The fourth-order valence-corrected chi connectivity index (χ4v) is 4.26. The van der Waals surface area contributed by atoms with Crippen molar-refractivity contribution in [2.75, 3.05) is 47.2 Å². The van der Waals surface area contributed by atoms with Gasteiger partial charge in [-0.25, -0.2) is 4.98 Å². The highest BCUT2D eigenvalue weighted by molar-refractivity contribution is 5.82. The molecule has 1 N–H and O–H groups in total. The maximum absolute atomic E-state index is 12.3. The number of nitrogens with one attached hydrogen (secondary N) is 1. The van der Waals surface area contributed by atoms with Gasteiger partial charge in [-0.05, 0) is 38.0 Å². The zero-order valence-electron chi connectivity index (χ0n) is 23.4. The Morgan fingerprint density at radius 2 is 1.82 bits per heavy atom. The minimum absolute atomic E-state index is 0.0154. The van der Waals surface area contributed by atoms with Crippen molar-refractivity contribution in [1.82, 2.24) is 19.4 Å². The van der Waals surface area contributed by atoms with Crippen LogP contribution in [0.5, 0.6) is 5.75 Å². The molecule has 10 heteroatoms. The summed E-state index contributed by atoms with van der Waals surface area (Å²) in [6.45, 7) is 9.73. The number of rotatable bonds is 14. The van der Waals surface area contributed by atoms with E-state index < -0.39 is 6.04 Å². The van der Waals surface area contributed by atoms with Gasteiger partial charge in [-0.15, -0.1) is 0 Å².